The Bertz CT molecular complexity index is 585. The predicted molar refractivity (Wildman–Crippen MR) is 84.5 cm³/mol. The highest BCUT2D eigenvalue weighted by molar-refractivity contribution is 7.11. The lowest BCUT2D eigenvalue weighted by atomic mass is 9.96. The largest absolute Gasteiger partial charge is 0.373 e. The summed E-state index contributed by atoms with van der Waals surface area (Å²) < 4.78 is 0. The summed E-state index contributed by atoms with van der Waals surface area (Å²) in [4.78, 5) is 14.6. The van der Waals surface area contributed by atoms with Gasteiger partial charge in [-0.1, -0.05) is 20.8 Å². The van der Waals surface area contributed by atoms with E-state index < -0.39 is 0 Å². The fraction of sp³-hybridized carbons (Fsp3) is 0.500. The molecule has 0 atom stereocenters. The summed E-state index contributed by atoms with van der Waals surface area (Å²) in [7, 11) is 1.87. The lowest BCUT2D eigenvalue weighted by Gasteiger charge is -2.18. The molecule has 20 heavy (non-hydrogen) atoms. The molecule has 2 aromatic heterocycles. The maximum atomic E-state index is 4.60. The highest BCUT2D eigenvalue weighted by atomic mass is 32.1. The van der Waals surface area contributed by atoms with Crippen molar-refractivity contribution in [1.82, 2.24) is 15.0 Å². The van der Waals surface area contributed by atoms with Gasteiger partial charge in [-0.2, -0.15) is 0 Å². The van der Waals surface area contributed by atoms with Crippen molar-refractivity contribution in [2.24, 2.45) is 0 Å². The number of anilines is 2. The molecule has 2 heterocycles. The van der Waals surface area contributed by atoms with Crippen LogP contribution < -0.4 is 10.6 Å². The van der Waals surface area contributed by atoms with Gasteiger partial charge in [-0.3, -0.25) is 0 Å². The second-order valence-electron chi connectivity index (χ2n) is 5.66. The van der Waals surface area contributed by atoms with Crippen LogP contribution >= 0.6 is 11.3 Å². The molecule has 2 rings (SSSR count). The molecule has 0 aromatic carbocycles. The Hall–Kier alpha value is -1.69. The highest BCUT2D eigenvalue weighted by Gasteiger charge is 2.19. The molecule has 2 N–H and O–H groups in total. The molecular weight excluding hydrogens is 270 g/mol. The Morgan fingerprint density at radius 1 is 1.20 bits per heavy atom. The first-order valence-corrected chi connectivity index (χ1v) is 7.42. The van der Waals surface area contributed by atoms with Crippen molar-refractivity contribution in [2.75, 3.05) is 17.7 Å². The molecule has 6 heteroatoms. The molecule has 0 aliphatic heterocycles. The van der Waals surface area contributed by atoms with E-state index in [1.165, 1.54) is 4.88 Å². The van der Waals surface area contributed by atoms with E-state index in [-0.39, 0.29) is 5.41 Å². The van der Waals surface area contributed by atoms with Crippen LogP contribution in [-0.2, 0) is 12.0 Å². The summed E-state index contributed by atoms with van der Waals surface area (Å²) in [5.41, 5.74) is -0.0790. The molecule has 0 spiro atoms. The summed E-state index contributed by atoms with van der Waals surface area (Å²) in [6.07, 6.45) is 1.90. The van der Waals surface area contributed by atoms with E-state index in [9.17, 15) is 0 Å². The zero-order chi connectivity index (χ0) is 14.8. The summed E-state index contributed by atoms with van der Waals surface area (Å²) in [6, 6.07) is 1.92. The average Bonchev–Trinajstić information content (AvgIpc) is 2.81. The molecular formula is C14H21N5S. The van der Waals surface area contributed by atoms with Gasteiger partial charge in [-0.15, -0.1) is 11.3 Å². The zero-order valence-corrected chi connectivity index (χ0v) is 13.4. The molecule has 5 nitrogen and oxygen atoms in total. The van der Waals surface area contributed by atoms with Gasteiger partial charge in [0.1, 0.15) is 17.5 Å². The molecule has 0 aliphatic carbocycles. The number of rotatable bonds is 4. The van der Waals surface area contributed by atoms with Crippen molar-refractivity contribution < 1.29 is 0 Å². The Labute approximate surface area is 123 Å². The van der Waals surface area contributed by atoms with Gasteiger partial charge in [0.15, 0.2) is 0 Å². The lowest BCUT2D eigenvalue weighted by Crippen LogP contribution is -2.18. The van der Waals surface area contributed by atoms with E-state index in [1.54, 1.807) is 11.3 Å². The summed E-state index contributed by atoms with van der Waals surface area (Å²) in [6.45, 7) is 9.07. The molecule has 2 aromatic rings. The minimum Gasteiger partial charge on any atom is -0.373 e. The van der Waals surface area contributed by atoms with Crippen molar-refractivity contribution in [2.45, 2.75) is 39.7 Å². The van der Waals surface area contributed by atoms with E-state index in [0.717, 1.165) is 29.0 Å². The van der Waals surface area contributed by atoms with Gasteiger partial charge in [0.25, 0.3) is 0 Å². The van der Waals surface area contributed by atoms with Gasteiger partial charge < -0.3 is 10.6 Å². The van der Waals surface area contributed by atoms with Gasteiger partial charge in [-0.25, -0.2) is 15.0 Å². The fourth-order valence-corrected chi connectivity index (χ4v) is 2.40. The van der Waals surface area contributed by atoms with Crippen LogP contribution in [-0.4, -0.2) is 22.0 Å². The van der Waals surface area contributed by atoms with E-state index in [2.05, 4.69) is 46.4 Å². The standard InChI is InChI=1S/C14H21N5S/c1-9-16-7-10(20-9)8-17-12-6-11(15-5)18-13(19-12)14(2,3)4/h6-7H,8H2,1-5H3,(H2,15,17,18,19). The van der Waals surface area contributed by atoms with E-state index in [0.29, 0.717) is 0 Å². The number of hydrogen-bond acceptors (Lipinski definition) is 6. The third kappa shape index (κ3) is 3.66. The van der Waals surface area contributed by atoms with Crippen LogP contribution in [0.5, 0.6) is 0 Å². The third-order valence-corrected chi connectivity index (χ3v) is 3.68. The highest BCUT2D eigenvalue weighted by Crippen LogP contribution is 2.22. The monoisotopic (exact) mass is 291 g/mol. The van der Waals surface area contributed by atoms with Crippen molar-refractivity contribution in [1.29, 1.82) is 0 Å². The second kappa shape index (κ2) is 5.75. The van der Waals surface area contributed by atoms with Gasteiger partial charge in [0.05, 0.1) is 11.6 Å². The van der Waals surface area contributed by atoms with Crippen molar-refractivity contribution >= 4 is 23.0 Å². The first-order chi connectivity index (χ1) is 9.38. The normalized spacial score (nSPS) is 11.4. The molecule has 0 saturated heterocycles. The SMILES string of the molecule is CNc1cc(NCc2cnc(C)s2)nc(C(C)(C)C)n1. The number of nitrogens with one attached hydrogen (secondary N) is 2. The van der Waals surface area contributed by atoms with Crippen LogP contribution in [0.3, 0.4) is 0 Å². The molecule has 0 radical (unpaired) electrons. The Morgan fingerprint density at radius 3 is 2.45 bits per heavy atom. The molecule has 108 valence electrons. The van der Waals surface area contributed by atoms with Crippen LogP contribution in [0.15, 0.2) is 12.3 Å². The Balaban J connectivity index is 2.18. The minimum atomic E-state index is -0.0790. The lowest BCUT2D eigenvalue weighted by molar-refractivity contribution is 0.546. The smallest absolute Gasteiger partial charge is 0.138 e. The van der Waals surface area contributed by atoms with Gasteiger partial charge in [-0.05, 0) is 6.92 Å². The number of aryl methyl sites for hydroxylation is 1. The van der Waals surface area contributed by atoms with E-state index in [4.69, 9.17) is 0 Å². The van der Waals surface area contributed by atoms with Crippen LogP contribution in [0.25, 0.3) is 0 Å². The summed E-state index contributed by atoms with van der Waals surface area (Å²) in [5, 5.41) is 7.50. The van der Waals surface area contributed by atoms with E-state index >= 15 is 0 Å². The van der Waals surface area contributed by atoms with Crippen LogP contribution in [0.2, 0.25) is 0 Å². The Kier molecular flexibility index (Phi) is 4.23. The van der Waals surface area contributed by atoms with Crippen LogP contribution in [0.4, 0.5) is 11.6 Å². The second-order valence-corrected chi connectivity index (χ2v) is 6.98. The zero-order valence-electron chi connectivity index (χ0n) is 12.6. The van der Waals surface area contributed by atoms with E-state index in [1.807, 2.05) is 26.2 Å². The van der Waals surface area contributed by atoms with Crippen molar-refractivity contribution in [3.63, 3.8) is 0 Å². The number of thiazole rings is 1. The number of aromatic nitrogens is 3. The third-order valence-electron chi connectivity index (χ3n) is 2.77. The maximum Gasteiger partial charge on any atom is 0.138 e. The molecule has 0 fully saturated rings. The van der Waals surface area contributed by atoms with Gasteiger partial charge >= 0.3 is 0 Å². The van der Waals surface area contributed by atoms with Crippen LogP contribution in [0, 0.1) is 6.92 Å². The topological polar surface area (TPSA) is 62.7 Å². The molecule has 0 unspecified atom stereocenters. The molecule has 0 bridgehead atoms. The Morgan fingerprint density at radius 2 is 1.90 bits per heavy atom. The molecule has 0 amide bonds. The van der Waals surface area contributed by atoms with Crippen LogP contribution in [0.1, 0.15) is 36.5 Å². The first kappa shape index (κ1) is 14.7. The first-order valence-electron chi connectivity index (χ1n) is 6.61. The minimum absolute atomic E-state index is 0.0790. The molecule has 0 saturated carbocycles. The van der Waals surface area contributed by atoms with Gasteiger partial charge in [0.2, 0.25) is 0 Å². The molecule has 0 aliphatic rings. The van der Waals surface area contributed by atoms with Crippen molar-refractivity contribution in [3.8, 4) is 0 Å². The van der Waals surface area contributed by atoms with Gasteiger partial charge in [0, 0.05) is 29.6 Å². The maximum absolute atomic E-state index is 4.60. The summed E-state index contributed by atoms with van der Waals surface area (Å²) in [5.74, 6) is 2.49. The number of hydrogen-bond donors (Lipinski definition) is 2. The quantitative estimate of drug-likeness (QED) is 0.906. The predicted octanol–water partition coefficient (Wildman–Crippen LogP) is 3.19. The summed E-state index contributed by atoms with van der Waals surface area (Å²) >= 11 is 1.69. The number of nitrogens with zero attached hydrogens (tertiary/aromatic N) is 3. The fourth-order valence-electron chi connectivity index (χ4n) is 1.67. The van der Waals surface area contributed by atoms with Crippen molar-refractivity contribution in [3.05, 3.63) is 28.0 Å². The average molecular weight is 291 g/mol.